The molecule has 1 rings (SSSR count). The molecule has 0 saturated heterocycles. The number of nitro benzene ring substituents is 1. The third kappa shape index (κ3) is 4.14. The highest BCUT2D eigenvalue weighted by molar-refractivity contribution is 14.1. The lowest BCUT2D eigenvalue weighted by Gasteiger charge is -2.29. The Morgan fingerprint density at radius 2 is 2.10 bits per heavy atom. The highest BCUT2D eigenvalue weighted by Crippen LogP contribution is 2.22. The fourth-order valence-corrected chi connectivity index (χ4v) is 2.50. The molecule has 1 aromatic carbocycles. The first-order chi connectivity index (χ1) is 9.18. The van der Waals surface area contributed by atoms with Crippen LogP contribution >= 0.6 is 22.6 Å². The van der Waals surface area contributed by atoms with Gasteiger partial charge in [-0.1, -0.05) is 13.8 Å². The maximum atomic E-state index is 12.4. The van der Waals surface area contributed by atoms with Gasteiger partial charge in [-0.3, -0.25) is 14.9 Å². The average Bonchev–Trinajstić information content (AvgIpc) is 2.37. The van der Waals surface area contributed by atoms with E-state index in [0.29, 0.717) is 22.2 Å². The minimum absolute atomic E-state index is 0.0177. The molecule has 0 aliphatic carbocycles. The van der Waals surface area contributed by atoms with E-state index in [-0.39, 0.29) is 17.0 Å². The first kappa shape index (κ1) is 16.8. The average molecular weight is 391 g/mol. The van der Waals surface area contributed by atoms with Gasteiger partial charge in [-0.05, 0) is 40.6 Å². The summed E-state index contributed by atoms with van der Waals surface area (Å²) in [7, 11) is 1.71. The van der Waals surface area contributed by atoms with Gasteiger partial charge in [-0.2, -0.15) is 0 Å². The fourth-order valence-electron chi connectivity index (χ4n) is 1.78. The lowest BCUT2D eigenvalue weighted by Crippen LogP contribution is -2.40. The predicted octanol–water partition coefficient (Wildman–Crippen LogP) is 2.26. The van der Waals surface area contributed by atoms with E-state index in [1.54, 1.807) is 11.9 Å². The Balaban J connectivity index is 2.95. The predicted molar refractivity (Wildman–Crippen MR) is 85.6 cm³/mol. The number of carbonyl (C=O) groups excluding carboxylic acids is 1. The SMILES string of the molecule is CN(CC(C)(C)CN)C(=O)c1ccc([N+](=O)[O-])cc1I. The quantitative estimate of drug-likeness (QED) is 0.474. The van der Waals surface area contributed by atoms with Crippen molar-refractivity contribution in [1.29, 1.82) is 0 Å². The number of amides is 1. The van der Waals surface area contributed by atoms with Gasteiger partial charge in [0.1, 0.15) is 0 Å². The van der Waals surface area contributed by atoms with Crippen LogP contribution in [0.15, 0.2) is 18.2 Å². The molecule has 1 aromatic rings. The first-order valence-electron chi connectivity index (χ1n) is 6.07. The van der Waals surface area contributed by atoms with Crippen LogP contribution in [0.5, 0.6) is 0 Å². The molecule has 0 spiro atoms. The van der Waals surface area contributed by atoms with E-state index in [2.05, 4.69) is 0 Å². The van der Waals surface area contributed by atoms with Crippen LogP contribution in [-0.2, 0) is 0 Å². The van der Waals surface area contributed by atoms with E-state index in [9.17, 15) is 14.9 Å². The van der Waals surface area contributed by atoms with Gasteiger partial charge in [0.05, 0.1) is 10.5 Å². The Morgan fingerprint density at radius 1 is 1.50 bits per heavy atom. The minimum atomic E-state index is -0.475. The molecule has 7 heteroatoms. The van der Waals surface area contributed by atoms with E-state index in [1.165, 1.54) is 18.2 Å². The fraction of sp³-hybridized carbons (Fsp3) is 0.462. The summed E-state index contributed by atoms with van der Waals surface area (Å²) >= 11 is 1.94. The molecular weight excluding hydrogens is 373 g/mol. The summed E-state index contributed by atoms with van der Waals surface area (Å²) < 4.78 is 0.569. The Bertz CT molecular complexity index is 532. The number of non-ortho nitro benzene ring substituents is 1. The molecule has 0 fully saturated rings. The molecule has 0 aliphatic rings. The molecule has 0 aliphatic heterocycles. The molecule has 0 saturated carbocycles. The number of nitrogens with two attached hydrogens (primary N) is 1. The van der Waals surface area contributed by atoms with Gasteiger partial charge in [0.2, 0.25) is 0 Å². The summed E-state index contributed by atoms with van der Waals surface area (Å²) in [4.78, 5) is 24.2. The lowest BCUT2D eigenvalue weighted by atomic mass is 9.93. The molecular formula is C13H18IN3O3. The molecule has 0 aromatic heterocycles. The van der Waals surface area contributed by atoms with Crippen LogP contribution in [0.4, 0.5) is 5.69 Å². The van der Waals surface area contributed by atoms with Crippen molar-refractivity contribution in [3.8, 4) is 0 Å². The summed E-state index contributed by atoms with van der Waals surface area (Å²) in [6, 6.07) is 4.24. The molecule has 110 valence electrons. The summed E-state index contributed by atoms with van der Waals surface area (Å²) in [6.45, 7) is 4.96. The molecule has 0 bridgehead atoms. The van der Waals surface area contributed by atoms with Crippen LogP contribution in [0.2, 0.25) is 0 Å². The topological polar surface area (TPSA) is 89.5 Å². The second-order valence-electron chi connectivity index (χ2n) is 5.45. The van der Waals surface area contributed by atoms with Gasteiger partial charge in [0.15, 0.2) is 0 Å². The summed E-state index contributed by atoms with van der Waals surface area (Å²) in [5, 5.41) is 10.7. The summed E-state index contributed by atoms with van der Waals surface area (Å²) in [5.41, 5.74) is 5.94. The largest absolute Gasteiger partial charge is 0.341 e. The molecule has 6 nitrogen and oxygen atoms in total. The van der Waals surface area contributed by atoms with Crippen LogP contribution in [0, 0.1) is 19.1 Å². The lowest BCUT2D eigenvalue weighted by molar-refractivity contribution is -0.384. The summed E-state index contributed by atoms with van der Waals surface area (Å²) in [5.74, 6) is -0.161. The van der Waals surface area contributed by atoms with Crippen molar-refractivity contribution < 1.29 is 9.72 Å². The van der Waals surface area contributed by atoms with Crippen molar-refractivity contribution in [2.75, 3.05) is 20.1 Å². The maximum absolute atomic E-state index is 12.4. The van der Waals surface area contributed by atoms with Gasteiger partial charge in [0, 0.05) is 29.3 Å². The highest BCUT2D eigenvalue weighted by Gasteiger charge is 2.23. The Hall–Kier alpha value is -1.22. The second-order valence-corrected chi connectivity index (χ2v) is 6.61. The van der Waals surface area contributed by atoms with Gasteiger partial charge in [0.25, 0.3) is 11.6 Å². The number of hydrogen-bond donors (Lipinski definition) is 1. The van der Waals surface area contributed by atoms with Crippen LogP contribution in [-0.4, -0.2) is 35.9 Å². The van der Waals surface area contributed by atoms with Crippen molar-refractivity contribution in [2.24, 2.45) is 11.1 Å². The second kappa shape index (κ2) is 6.49. The maximum Gasteiger partial charge on any atom is 0.270 e. The van der Waals surface area contributed by atoms with Crippen LogP contribution in [0.3, 0.4) is 0 Å². The van der Waals surface area contributed by atoms with Crippen LogP contribution in [0.25, 0.3) is 0 Å². The standard InChI is InChI=1S/C13H18IN3O3/c1-13(2,7-15)8-16(3)12(18)10-5-4-9(17(19)20)6-11(10)14/h4-6H,7-8,15H2,1-3H3. The molecule has 20 heavy (non-hydrogen) atoms. The zero-order chi connectivity index (χ0) is 15.5. The van der Waals surface area contributed by atoms with Crippen molar-refractivity contribution in [2.45, 2.75) is 13.8 Å². The molecule has 1 amide bonds. The normalized spacial score (nSPS) is 11.2. The number of nitro groups is 1. The monoisotopic (exact) mass is 391 g/mol. The number of carbonyl (C=O) groups is 1. The number of benzene rings is 1. The third-order valence-electron chi connectivity index (χ3n) is 2.96. The highest BCUT2D eigenvalue weighted by atomic mass is 127. The van der Waals surface area contributed by atoms with E-state index in [4.69, 9.17) is 5.73 Å². The van der Waals surface area contributed by atoms with E-state index >= 15 is 0 Å². The number of rotatable bonds is 5. The minimum Gasteiger partial charge on any atom is -0.341 e. The van der Waals surface area contributed by atoms with Crippen molar-refractivity contribution in [1.82, 2.24) is 4.90 Å². The number of halogens is 1. The molecule has 0 heterocycles. The van der Waals surface area contributed by atoms with Gasteiger partial charge in [-0.25, -0.2) is 0 Å². The van der Waals surface area contributed by atoms with Gasteiger partial charge in [-0.15, -0.1) is 0 Å². The van der Waals surface area contributed by atoms with Gasteiger partial charge < -0.3 is 10.6 Å². The Kier molecular flexibility index (Phi) is 5.46. The Labute approximate surface area is 131 Å². The molecule has 0 radical (unpaired) electrons. The zero-order valence-corrected chi connectivity index (χ0v) is 13.9. The molecule has 2 N–H and O–H groups in total. The third-order valence-corrected chi connectivity index (χ3v) is 3.85. The van der Waals surface area contributed by atoms with Gasteiger partial charge >= 0.3 is 0 Å². The van der Waals surface area contributed by atoms with Crippen LogP contribution in [0.1, 0.15) is 24.2 Å². The molecule has 0 atom stereocenters. The number of nitrogens with zero attached hydrogens (tertiary/aromatic N) is 2. The Morgan fingerprint density at radius 3 is 2.55 bits per heavy atom. The zero-order valence-electron chi connectivity index (χ0n) is 11.7. The first-order valence-corrected chi connectivity index (χ1v) is 7.15. The van der Waals surface area contributed by atoms with Crippen LogP contribution < -0.4 is 5.73 Å². The summed E-state index contributed by atoms with van der Waals surface area (Å²) in [6.07, 6.45) is 0. The van der Waals surface area contributed by atoms with Crippen molar-refractivity contribution in [3.05, 3.63) is 37.4 Å². The van der Waals surface area contributed by atoms with Crippen molar-refractivity contribution >= 4 is 34.2 Å². The van der Waals surface area contributed by atoms with E-state index in [1.807, 2.05) is 36.4 Å². The molecule has 0 unspecified atom stereocenters. The number of hydrogen-bond acceptors (Lipinski definition) is 4. The van der Waals surface area contributed by atoms with Crippen molar-refractivity contribution in [3.63, 3.8) is 0 Å². The van der Waals surface area contributed by atoms with E-state index < -0.39 is 4.92 Å². The van der Waals surface area contributed by atoms with E-state index in [0.717, 1.165) is 0 Å². The smallest absolute Gasteiger partial charge is 0.270 e.